The van der Waals surface area contributed by atoms with Crippen LogP contribution in [0.5, 0.6) is 11.5 Å². The molecule has 0 aliphatic heterocycles. The third-order valence-electron chi connectivity index (χ3n) is 5.04. The quantitative estimate of drug-likeness (QED) is 0.287. The summed E-state index contributed by atoms with van der Waals surface area (Å²) >= 11 is 0. The maximum Gasteiger partial charge on any atom is 0.306 e. The van der Waals surface area contributed by atoms with Crippen LogP contribution < -0.4 is 14.8 Å². The fourth-order valence-electron chi connectivity index (χ4n) is 3.42. The van der Waals surface area contributed by atoms with Gasteiger partial charge in [0.05, 0.1) is 11.8 Å². The minimum Gasteiger partial charge on any atom is -0.507 e. The molecule has 32 heavy (non-hydrogen) atoms. The lowest BCUT2D eigenvalue weighted by Crippen LogP contribution is -2.21. The zero-order valence-corrected chi connectivity index (χ0v) is 19.1. The van der Waals surface area contributed by atoms with Gasteiger partial charge in [-0.15, -0.1) is 0 Å². The van der Waals surface area contributed by atoms with Gasteiger partial charge in [0.25, 0.3) is 0 Å². The van der Waals surface area contributed by atoms with Gasteiger partial charge in [0.15, 0.2) is 5.75 Å². The predicted octanol–water partition coefficient (Wildman–Crippen LogP) is 3.40. The number of benzene rings is 3. The largest absolute Gasteiger partial charge is 0.507 e. The van der Waals surface area contributed by atoms with Crippen LogP contribution in [-0.2, 0) is 36.0 Å². The summed E-state index contributed by atoms with van der Waals surface area (Å²) in [6.45, 7) is 2.13. The lowest BCUT2D eigenvalue weighted by molar-refractivity contribution is 0.448. The Kier molecular flexibility index (Phi) is 8.67. The molecule has 0 fully saturated rings. The molecule has 0 saturated carbocycles. The highest BCUT2D eigenvalue weighted by Gasteiger charge is 2.18. The van der Waals surface area contributed by atoms with Crippen molar-refractivity contribution in [2.45, 2.75) is 25.9 Å². The van der Waals surface area contributed by atoms with Gasteiger partial charge in [0.2, 0.25) is 0 Å². The Morgan fingerprint density at radius 1 is 0.781 bits per heavy atom. The zero-order chi connectivity index (χ0) is 22.8. The molecular formula is C25H30N2O4S. The molecule has 0 radical (unpaired) electrons. The van der Waals surface area contributed by atoms with Crippen molar-refractivity contribution in [2.24, 2.45) is 0 Å². The normalized spacial score (nSPS) is 11.4. The second-order valence-corrected chi connectivity index (χ2v) is 9.24. The summed E-state index contributed by atoms with van der Waals surface area (Å²) in [4.78, 5) is 0. The molecule has 7 heteroatoms. The van der Waals surface area contributed by atoms with Crippen LogP contribution in [0.3, 0.4) is 0 Å². The molecule has 170 valence electrons. The average molecular weight is 455 g/mol. The van der Waals surface area contributed by atoms with Gasteiger partial charge in [-0.2, -0.15) is 8.42 Å². The fraction of sp³-hybridized carbons (Fsp3) is 0.280. The topological polar surface area (TPSA) is 87.7 Å². The predicted molar refractivity (Wildman–Crippen MR) is 127 cm³/mol. The van der Waals surface area contributed by atoms with Crippen molar-refractivity contribution in [2.75, 3.05) is 19.3 Å². The third-order valence-corrected chi connectivity index (χ3v) is 5.51. The van der Waals surface area contributed by atoms with Crippen molar-refractivity contribution in [3.05, 3.63) is 95.1 Å². The SMILES string of the molecule is CS(=O)(=O)Oc1c(CNCCc2ccccc2)ccc(O)c1CNCCc1ccccc1. The van der Waals surface area contributed by atoms with Crippen LogP contribution >= 0.6 is 0 Å². The van der Waals surface area contributed by atoms with Crippen molar-refractivity contribution >= 4 is 10.1 Å². The van der Waals surface area contributed by atoms with E-state index >= 15 is 0 Å². The number of aromatic hydroxyl groups is 1. The number of phenols is 1. The monoisotopic (exact) mass is 454 g/mol. The van der Waals surface area contributed by atoms with Gasteiger partial charge in [0.1, 0.15) is 5.75 Å². The van der Waals surface area contributed by atoms with Crippen LogP contribution in [-0.4, -0.2) is 32.9 Å². The molecule has 3 rings (SSSR count). The Bertz CT molecular complexity index is 1090. The summed E-state index contributed by atoms with van der Waals surface area (Å²) in [5, 5.41) is 17.0. The molecule has 3 aromatic carbocycles. The summed E-state index contributed by atoms with van der Waals surface area (Å²) in [5.74, 6) is 0.191. The van der Waals surface area contributed by atoms with Crippen molar-refractivity contribution in [1.82, 2.24) is 10.6 Å². The van der Waals surface area contributed by atoms with E-state index in [-0.39, 0.29) is 11.5 Å². The van der Waals surface area contributed by atoms with Crippen molar-refractivity contribution in [1.29, 1.82) is 0 Å². The summed E-state index contributed by atoms with van der Waals surface area (Å²) in [6, 6.07) is 23.5. The molecule has 0 heterocycles. The number of phenolic OH excluding ortho intramolecular Hbond substituents is 1. The van der Waals surface area contributed by atoms with E-state index < -0.39 is 10.1 Å². The van der Waals surface area contributed by atoms with Crippen LogP contribution in [0.2, 0.25) is 0 Å². The highest BCUT2D eigenvalue weighted by Crippen LogP contribution is 2.32. The van der Waals surface area contributed by atoms with Gasteiger partial charge < -0.3 is 19.9 Å². The maximum atomic E-state index is 11.9. The van der Waals surface area contributed by atoms with E-state index in [1.165, 1.54) is 11.1 Å². The van der Waals surface area contributed by atoms with Crippen molar-refractivity contribution in [3.8, 4) is 11.5 Å². The Morgan fingerprint density at radius 2 is 1.31 bits per heavy atom. The minimum atomic E-state index is -3.75. The lowest BCUT2D eigenvalue weighted by atomic mass is 10.1. The molecule has 3 aromatic rings. The molecule has 0 bridgehead atoms. The van der Waals surface area contributed by atoms with E-state index in [0.29, 0.717) is 30.8 Å². The molecule has 0 aromatic heterocycles. The van der Waals surface area contributed by atoms with Crippen LogP contribution in [0.4, 0.5) is 0 Å². The van der Waals surface area contributed by atoms with Crippen LogP contribution in [0.1, 0.15) is 22.3 Å². The van der Waals surface area contributed by atoms with E-state index in [1.54, 1.807) is 12.1 Å². The van der Waals surface area contributed by atoms with Crippen LogP contribution in [0, 0.1) is 0 Å². The standard InChI is InChI=1S/C25H30N2O4S/c1-32(29,30)31-25-22(18-26-16-14-20-8-4-2-5-9-20)12-13-24(28)23(25)19-27-17-15-21-10-6-3-7-11-21/h2-13,26-28H,14-19H2,1H3. The second-order valence-electron chi connectivity index (χ2n) is 7.66. The molecule has 0 aliphatic rings. The van der Waals surface area contributed by atoms with Gasteiger partial charge in [-0.3, -0.25) is 0 Å². The molecule has 0 atom stereocenters. The highest BCUT2D eigenvalue weighted by molar-refractivity contribution is 7.86. The van der Waals surface area contributed by atoms with Gasteiger partial charge in [-0.05, 0) is 43.1 Å². The van der Waals surface area contributed by atoms with Crippen molar-refractivity contribution in [3.63, 3.8) is 0 Å². The minimum absolute atomic E-state index is 0.00361. The summed E-state index contributed by atoms with van der Waals surface area (Å²) in [5.41, 5.74) is 3.54. The number of nitrogens with one attached hydrogen (secondary N) is 2. The lowest BCUT2D eigenvalue weighted by Gasteiger charge is -2.17. The van der Waals surface area contributed by atoms with E-state index in [1.807, 2.05) is 36.4 Å². The highest BCUT2D eigenvalue weighted by atomic mass is 32.2. The first-order valence-corrected chi connectivity index (χ1v) is 12.5. The fourth-order valence-corrected chi connectivity index (χ4v) is 3.93. The average Bonchev–Trinajstić information content (AvgIpc) is 2.77. The van der Waals surface area contributed by atoms with E-state index in [2.05, 4.69) is 34.9 Å². The molecule has 3 N–H and O–H groups in total. The number of hydrogen-bond acceptors (Lipinski definition) is 6. The molecule has 0 amide bonds. The number of rotatable bonds is 12. The molecular weight excluding hydrogens is 424 g/mol. The first-order chi connectivity index (χ1) is 15.4. The summed E-state index contributed by atoms with van der Waals surface area (Å²) in [7, 11) is -3.75. The van der Waals surface area contributed by atoms with Gasteiger partial charge in [-0.25, -0.2) is 0 Å². The molecule has 0 saturated heterocycles. The number of hydrogen-bond donors (Lipinski definition) is 3. The van der Waals surface area contributed by atoms with Gasteiger partial charge in [-0.1, -0.05) is 66.7 Å². The first kappa shape index (κ1) is 23.8. The zero-order valence-electron chi connectivity index (χ0n) is 18.3. The Hall–Kier alpha value is -2.87. The smallest absolute Gasteiger partial charge is 0.306 e. The molecule has 0 aliphatic carbocycles. The van der Waals surface area contributed by atoms with E-state index in [9.17, 15) is 13.5 Å². The van der Waals surface area contributed by atoms with Gasteiger partial charge >= 0.3 is 10.1 Å². The van der Waals surface area contributed by atoms with Crippen LogP contribution in [0.25, 0.3) is 0 Å². The van der Waals surface area contributed by atoms with E-state index in [4.69, 9.17) is 4.18 Å². The maximum absolute atomic E-state index is 11.9. The molecule has 6 nitrogen and oxygen atoms in total. The van der Waals surface area contributed by atoms with E-state index in [0.717, 1.165) is 25.6 Å². The Morgan fingerprint density at radius 3 is 1.84 bits per heavy atom. The Balaban J connectivity index is 1.66. The third kappa shape index (κ3) is 7.67. The van der Waals surface area contributed by atoms with Crippen LogP contribution in [0.15, 0.2) is 72.8 Å². The second kappa shape index (κ2) is 11.7. The van der Waals surface area contributed by atoms with Gasteiger partial charge in [0, 0.05) is 18.7 Å². The molecule has 0 spiro atoms. The summed E-state index contributed by atoms with van der Waals surface area (Å²) in [6.07, 6.45) is 2.69. The first-order valence-electron chi connectivity index (χ1n) is 10.6. The molecule has 0 unspecified atom stereocenters. The Labute approximate surface area is 190 Å². The van der Waals surface area contributed by atoms with Crippen molar-refractivity contribution < 1.29 is 17.7 Å². The summed E-state index contributed by atoms with van der Waals surface area (Å²) < 4.78 is 29.1.